The molecule has 0 spiro atoms. The first kappa shape index (κ1) is 13.9. The van der Waals surface area contributed by atoms with Gasteiger partial charge in [-0.05, 0) is 36.1 Å². The average molecular weight is 290 g/mol. The highest BCUT2D eigenvalue weighted by Crippen LogP contribution is 2.35. The van der Waals surface area contributed by atoms with Gasteiger partial charge in [0.05, 0.1) is 5.56 Å². The Kier molecular flexibility index (Phi) is 3.32. The van der Waals surface area contributed by atoms with Gasteiger partial charge in [-0.3, -0.25) is 4.79 Å². The molecule has 1 aliphatic carbocycles. The Bertz CT molecular complexity index is 671. The zero-order valence-electron chi connectivity index (χ0n) is 11.2. The van der Waals surface area contributed by atoms with Crippen LogP contribution in [0.4, 0.5) is 13.2 Å². The lowest BCUT2D eigenvalue weighted by molar-refractivity contribution is -0.137. The largest absolute Gasteiger partial charge is 0.416 e. The van der Waals surface area contributed by atoms with Gasteiger partial charge in [0.1, 0.15) is 0 Å². The number of alkyl halides is 3. The fourth-order valence-electron chi connectivity index (χ4n) is 2.82. The predicted octanol–water partition coefficient (Wildman–Crippen LogP) is 4.62. The van der Waals surface area contributed by atoms with Gasteiger partial charge in [-0.1, -0.05) is 36.4 Å². The van der Waals surface area contributed by atoms with Crippen molar-refractivity contribution in [3.63, 3.8) is 0 Å². The summed E-state index contributed by atoms with van der Waals surface area (Å²) in [5.41, 5.74) is 1.68. The second kappa shape index (κ2) is 5.02. The monoisotopic (exact) mass is 290 g/mol. The van der Waals surface area contributed by atoms with E-state index in [2.05, 4.69) is 0 Å². The van der Waals surface area contributed by atoms with E-state index in [0.29, 0.717) is 17.5 Å². The lowest BCUT2D eigenvalue weighted by Crippen LogP contribution is -2.21. The van der Waals surface area contributed by atoms with Crippen molar-refractivity contribution in [1.82, 2.24) is 0 Å². The lowest BCUT2D eigenvalue weighted by atomic mass is 9.79. The van der Waals surface area contributed by atoms with E-state index < -0.39 is 11.7 Å². The summed E-state index contributed by atoms with van der Waals surface area (Å²) in [6, 6.07) is 12.3. The quantitative estimate of drug-likeness (QED) is 0.749. The van der Waals surface area contributed by atoms with E-state index in [1.54, 1.807) is 6.07 Å². The van der Waals surface area contributed by atoms with Crippen LogP contribution in [0.2, 0.25) is 0 Å². The van der Waals surface area contributed by atoms with Crippen LogP contribution in [0.25, 0.3) is 0 Å². The molecule has 21 heavy (non-hydrogen) atoms. The van der Waals surface area contributed by atoms with Crippen LogP contribution in [0, 0.1) is 0 Å². The molecule has 0 aliphatic heterocycles. The molecule has 0 saturated heterocycles. The molecular formula is C17H13F3O. The van der Waals surface area contributed by atoms with Crippen molar-refractivity contribution in [1.29, 1.82) is 0 Å². The number of fused-ring (bicyclic) bond motifs is 1. The number of carbonyl (C=O) groups excluding carboxylic acids is 1. The molecule has 0 bridgehead atoms. The molecule has 3 rings (SSSR count). The van der Waals surface area contributed by atoms with E-state index in [0.717, 1.165) is 24.1 Å². The highest BCUT2D eigenvalue weighted by molar-refractivity contribution is 6.03. The first-order valence-corrected chi connectivity index (χ1v) is 6.76. The van der Waals surface area contributed by atoms with Gasteiger partial charge in [0.2, 0.25) is 0 Å². The number of halogens is 3. The van der Waals surface area contributed by atoms with Crippen molar-refractivity contribution in [2.75, 3.05) is 0 Å². The molecule has 0 unspecified atom stereocenters. The Morgan fingerprint density at radius 2 is 1.62 bits per heavy atom. The van der Waals surface area contributed by atoms with Crippen molar-refractivity contribution in [3.05, 3.63) is 70.8 Å². The normalized spacial score (nSPS) is 18.4. The Morgan fingerprint density at radius 3 is 2.29 bits per heavy atom. The van der Waals surface area contributed by atoms with Crippen LogP contribution in [0.15, 0.2) is 48.5 Å². The topological polar surface area (TPSA) is 17.1 Å². The predicted molar refractivity (Wildman–Crippen MR) is 73.3 cm³/mol. The minimum absolute atomic E-state index is 0.00314. The van der Waals surface area contributed by atoms with Gasteiger partial charge < -0.3 is 0 Å². The highest BCUT2D eigenvalue weighted by Gasteiger charge is 2.32. The molecule has 4 heteroatoms. The fraction of sp³-hybridized carbons (Fsp3) is 0.235. The van der Waals surface area contributed by atoms with Gasteiger partial charge in [0, 0.05) is 11.5 Å². The summed E-state index contributed by atoms with van der Waals surface area (Å²) >= 11 is 0. The van der Waals surface area contributed by atoms with Gasteiger partial charge >= 0.3 is 6.18 Å². The summed E-state index contributed by atoms with van der Waals surface area (Å²) in [5.74, 6) is -0.348. The Morgan fingerprint density at radius 1 is 0.952 bits per heavy atom. The number of hydrogen-bond donors (Lipinski definition) is 0. The fourth-order valence-corrected chi connectivity index (χ4v) is 2.82. The van der Waals surface area contributed by atoms with Gasteiger partial charge in [-0.15, -0.1) is 0 Å². The third kappa shape index (κ3) is 2.58. The van der Waals surface area contributed by atoms with Crippen molar-refractivity contribution in [3.8, 4) is 0 Å². The molecule has 0 amide bonds. The van der Waals surface area contributed by atoms with Crippen LogP contribution < -0.4 is 0 Å². The lowest BCUT2D eigenvalue weighted by Gasteiger charge is -2.23. The van der Waals surface area contributed by atoms with Crippen molar-refractivity contribution in [2.24, 2.45) is 0 Å². The van der Waals surface area contributed by atoms with E-state index in [1.807, 2.05) is 18.2 Å². The summed E-state index contributed by atoms with van der Waals surface area (Å²) in [6.45, 7) is 0. The maximum Gasteiger partial charge on any atom is 0.416 e. The zero-order valence-corrected chi connectivity index (χ0v) is 11.2. The molecular weight excluding hydrogens is 277 g/mol. The van der Waals surface area contributed by atoms with E-state index in [9.17, 15) is 18.0 Å². The number of ketones is 1. The van der Waals surface area contributed by atoms with Crippen LogP contribution in [0.5, 0.6) is 0 Å². The number of Topliss-reactive ketones (excluding diaryl/α,β-unsaturated/α-hetero) is 1. The molecule has 1 atom stereocenters. The Balaban J connectivity index is 1.91. The molecule has 1 nitrogen and oxygen atoms in total. The Labute approximate surface area is 120 Å². The van der Waals surface area contributed by atoms with Crippen molar-refractivity contribution < 1.29 is 18.0 Å². The molecule has 108 valence electrons. The first-order valence-electron chi connectivity index (χ1n) is 6.76. The van der Waals surface area contributed by atoms with Crippen LogP contribution in [-0.4, -0.2) is 5.78 Å². The molecule has 0 saturated carbocycles. The van der Waals surface area contributed by atoms with Crippen LogP contribution in [0.1, 0.15) is 39.4 Å². The molecule has 2 aromatic rings. The third-order valence-corrected chi connectivity index (χ3v) is 3.94. The molecule has 0 aromatic heterocycles. The maximum absolute atomic E-state index is 12.6. The molecule has 0 radical (unpaired) electrons. The summed E-state index contributed by atoms with van der Waals surface area (Å²) < 4.78 is 37.7. The number of rotatable bonds is 1. The number of benzene rings is 2. The van der Waals surface area contributed by atoms with Crippen LogP contribution >= 0.6 is 0 Å². The molecule has 2 aromatic carbocycles. The van der Waals surface area contributed by atoms with Crippen LogP contribution in [-0.2, 0) is 12.6 Å². The summed E-state index contributed by atoms with van der Waals surface area (Å²) in [6.07, 6.45) is -2.93. The minimum Gasteiger partial charge on any atom is -0.293 e. The van der Waals surface area contributed by atoms with Gasteiger partial charge in [0.15, 0.2) is 5.78 Å². The number of aryl methyl sites for hydroxylation is 1. The van der Waals surface area contributed by atoms with E-state index in [4.69, 9.17) is 0 Å². The van der Waals surface area contributed by atoms with Crippen molar-refractivity contribution in [2.45, 2.75) is 24.9 Å². The maximum atomic E-state index is 12.6. The van der Waals surface area contributed by atoms with Gasteiger partial charge in [0.25, 0.3) is 0 Å². The summed E-state index contributed by atoms with van der Waals surface area (Å²) in [5, 5.41) is 0. The second-order valence-corrected chi connectivity index (χ2v) is 5.23. The van der Waals surface area contributed by atoms with Crippen LogP contribution in [0.3, 0.4) is 0 Å². The smallest absolute Gasteiger partial charge is 0.293 e. The first-order chi connectivity index (χ1) is 9.97. The molecule has 0 N–H and O–H groups in total. The SMILES string of the molecule is O=C1c2ccccc2CC[C@@H]1c1ccc(C(F)(F)F)cc1. The molecule has 0 fully saturated rings. The van der Waals surface area contributed by atoms with E-state index >= 15 is 0 Å². The standard InChI is InChI=1S/C17H13F3O/c18-17(19,20)13-8-5-12(6-9-13)15-10-7-11-3-1-2-4-14(11)16(15)21/h1-6,8-9,15H,7,10H2/t15-/m1/s1. The minimum atomic E-state index is -4.35. The van der Waals surface area contributed by atoms with E-state index in [-0.39, 0.29) is 11.7 Å². The summed E-state index contributed by atoms with van der Waals surface area (Å²) in [7, 11) is 0. The van der Waals surface area contributed by atoms with Gasteiger partial charge in [-0.25, -0.2) is 0 Å². The van der Waals surface area contributed by atoms with Gasteiger partial charge in [-0.2, -0.15) is 13.2 Å². The second-order valence-electron chi connectivity index (χ2n) is 5.23. The number of carbonyl (C=O) groups is 1. The van der Waals surface area contributed by atoms with Crippen molar-refractivity contribution >= 4 is 5.78 Å². The third-order valence-electron chi connectivity index (χ3n) is 3.94. The number of hydrogen-bond acceptors (Lipinski definition) is 1. The zero-order chi connectivity index (χ0) is 15.0. The molecule has 0 heterocycles. The average Bonchev–Trinajstić information content (AvgIpc) is 2.47. The van der Waals surface area contributed by atoms with E-state index in [1.165, 1.54) is 12.1 Å². The summed E-state index contributed by atoms with van der Waals surface area (Å²) in [4.78, 5) is 12.5. The molecule has 1 aliphatic rings. The highest BCUT2D eigenvalue weighted by atomic mass is 19.4. The Hall–Kier alpha value is -2.10.